The van der Waals surface area contributed by atoms with Crippen LogP contribution in [0.2, 0.25) is 0 Å². The van der Waals surface area contributed by atoms with Gasteiger partial charge < -0.3 is 15.2 Å². The van der Waals surface area contributed by atoms with E-state index in [1.165, 1.54) is 16.7 Å². The number of hydrogen-bond acceptors (Lipinski definition) is 7. The number of rotatable bonds is 13. The molecule has 1 aliphatic carbocycles. The summed E-state index contributed by atoms with van der Waals surface area (Å²) < 4.78 is 5.79. The van der Waals surface area contributed by atoms with E-state index in [1.807, 2.05) is 19.9 Å². The number of nitrogens with one attached hydrogen (secondary N) is 1. The highest BCUT2D eigenvalue weighted by atomic mass is 16.5. The first-order valence-corrected chi connectivity index (χ1v) is 20.0. The summed E-state index contributed by atoms with van der Waals surface area (Å²) in [5.41, 5.74) is 18.1. The molecule has 2 N–H and O–H groups in total. The number of ether oxygens (including phenoxy) is 1. The van der Waals surface area contributed by atoms with E-state index in [0.29, 0.717) is 25.2 Å². The van der Waals surface area contributed by atoms with Gasteiger partial charge in [-0.05, 0) is 133 Å². The van der Waals surface area contributed by atoms with Gasteiger partial charge in [-0.15, -0.1) is 0 Å². The van der Waals surface area contributed by atoms with Crippen molar-refractivity contribution < 1.29 is 14.6 Å². The third-order valence-corrected chi connectivity index (χ3v) is 12.0. The van der Waals surface area contributed by atoms with E-state index >= 15 is 0 Å². The molecule has 5 heterocycles. The van der Waals surface area contributed by atoms with Crippen LogP contribution in [0.25, 0.3) is 0 Å². The minimum Gasteiger partial charge on any atom is -0.511 e. The molecule has 0 spiro atoms. The van der Waals surface area contributed by atoms with Crippen molar-refractivity contribution in [3.8, 4) is 0 Å². The number of allylic oxidation sites excluding steroid dienone is 17. The van der Waals surface area contributed by atoms with Gasteiger partial charge in [0.2, 0.25) is 0 Å². The lowest BCUT2D eigenvalue weighted by molar-refractivity contribution is -0.143. The fourth-order valence-corrected chi connectivity index (χ4v) is 8.32. The molecule has 0 aromatic carbocycles. The first-order chi connectivity index (χ1) is 26.3. The topological polar surface area (TPSA) is 95.6 Å². The van der Waals surface area contributed by atoms with Gasteiger partial charge in [-0.25, -0.2) is 15.0 Å². The van der Waals surface area contributed by atoms with Gasteiger partial charge >= 0.3 is 5.97 Å². The van der Waals surface area contributed by atoms with E-state index in [1.54, 1.807) is 0 Å². The molecule has 0 aromatic heterocycles. The highest BCUT2D eigenvalue weighted by molar-refractivity contribution is 6.21. The minimum atomic E-state index is -0.205. The molecule has 0 aromatic rings. The zero-order valence-electron chi connectivity index (χ0n) is 34.4. The van der Waals surface area contributed by atoms with Crippen molar-refractivity contribution in [2.75, 3.05) is 6.61 Å². The summed E-state index contributed by atoms with van der Waals surface area (Å²) in [7, 11) is 0. The lowest BCUT2D eigenvalue weighted by Crippen LogP contribution is -2.16. The molecule has 5 aliphatic heterocycles. The predicted octanol–water partition coefficient (Wildman–Crippen LogP) is 11.6. The normalized spacial score (nSPS) is 22.7. The summed E-state index contributed by atoms with van der Waals surface area (Å²) in [4.78, 5) is 28.6. The van der Waals surface area contributed by atoms with Crippen molar-refractivity contribution in [3.05, 3.63) is 139 Å². The molecule has 8 bridgehead atoms. The summed E-state index contributed by atoms with van der Waals surface area (Å²) in [6.07, 6.45) is 21.1. The van der Waals surface area contributed by atoms with E-state index in [2.05, 4.69) is 96.8 Å². The smallest absolute Gasteiger partial charge is 0.306 e. The Morgan fingerprint density at radius 2 is 1.62 bits per heavy atom. The number of aliphatic hydroxyl groups is 1. The Morgan fingerprint density at radius 3 is 2.33 bits per heavy atom. The average molecular weight is 739 g/mol. The quantitative estimate of drug-likeness (QED) is 0.145. The lowest BCUT2D eigenvalue weighted by Gasteiger charge is -2.17. The lowest BCUT2D eigenvalue weighted by atomic mass is 9.86. The number of nitrogens with zero attached hydrogens (tertiary/aromatic N) is 3. The second kappa shape index (κ2) is 16.8. The predicted molar refractivity (Wildman–Crippen MR) is 228 cm³/mol. The van der Waals surface area contributed by atoms with Crippen molar-refractivity contribution in [1.29, 1.82) is 0 Å². The Kier molecular flexibility index (Phi) is 12.1. The van der Waals surface area contributed by atoms with Crippen molar-refractivity contribution in [3.63, 3.8) is 0 Å². The van der Waals surface area contributed by atoms with Gasteiger partial charge in [0, 0.05) is 52.8 Å². The van der Waals surface area contributed by atoms with Crippen LogP contribution in [0.5, 0.6) is 0 Å². The molecular formula is C48H58N4O3. The zero-order chi connectivity index (χ0) is 39.6. The van der Waals surface area contributed by atoms with Crippen LogP contribution < -0.4 is 5.32 Å². The Bertz CT molecular complexity index is 2160. The van der Waals surface area contributed by atoms with Gasteiger partial charge in [-0.2, -0.15) is 0 Å². The Morgan fingerprint density at radius 1 is 0.927 bits per heavy atom. The zero-order valence-corrected chi connectivity index (χ0v) is 34.4. The SMILES string of the molecule is C=CC1=C(C)C2=NC1=CC1=NC(=CC3=C(C)C4=C(O)CC(=C5NC(=C2)C(C)C5CCC(=O)OC/C(C)=C\CC/C(C)=C/CC/C(C)=C/C)C4=N3)C(CC)=C1C. The maximum atomic E-state index is 13.2. The van der Waals surface area contributed by atoms with E-state index < -0.39 is 0 Å². The van der Waals surface area contributed by atoms with Crippen LogP contribution in [0.1, 0.15) is 114 Å². The molecular weight excluding hydrogens is 681 g/mol. The third-order valence-electron chi connectivity index (χ3n) is 12.0. The number of fused-ring (bicyclic) bond motifs is 5. The van der Waals surface area contributed by atoms with Crippen molar-refractivity contribution in [2.24, 2.45) is 26.8 Å². The van der Waals surface area contributed by atoms with Gasteiger partial charge in [-0.1, -0.05) is 55.9 Å². The molecule has 6 rings (SSSR count). The third kappa shape index (κ3) is 8.17. The van der Waals surface area contributed by atoms with Crippen molar-refractivity contribution >= 4 is 23.1 Å². The molecule has 0 radical (unpaired) electrons. The molecule has 7 nitrogen and oxygen atoms in total. The van der Waals surface area contributed by atoms with Crippen molar-refractivity contribution in [2.45, 2.75) is 114 Å². The monoisotopic (exact) mass is 738 g/mol. The molecule has 0 saturated carbocycles. The van der Waals surface area contributed by atoms with Gasteiger partial charge in [0.1, 0.15) is 12.4 Å². The molecule has 55 heavy (non-hydrogen) atoms. The maximum absolute atomic E-state index is 13.2. The molecule has 1 fully saturated rings. The van der Waals surface area contributed by atoms with Gasteiger partial charge in [-0.3, -0.25) is 4.79 Å². The number of aliphatic imine (C=N–C) groups is 3. The van der Waals surface area contributed by atoms with Crippen LogP contribution in [-0.2, 0) is 9.53 Å². The van der Waals surface area contributed by atoms with E-state index in [0.717, 1.165) is 117 Å². The molecule has 2 unspecified atom stereocenters. The number of esters is 1. The van der Waals surface area contributed by atoms with Crippen LogP contribution in [0, 0.1) is 11.8 Å². The fourth-order valence-electron chi connectivity index (χ4n) is 8.32. The van der Waals surface area contributed by atoms with Crippen LogP contribution in [0.3, 0.4) is 0 Å². The van der Waals surface area contributed by atoms with Gasteiger partial charge in [0.25, 0.3) is 0 Å². The number of carbonyl (C=O) groups is 1. The molecule has 2 atom stereocenters. The largest absolute Gasteiger partial charge is 0.511 e. The Hall–Kier alpha value is -5.04. The molecule has 1 saturated heterocycles. The molecule has 288 valence electrons. The average Bonchev–Trinajstić information content (AvgIpc) is 3.91. The molecule has 0 amide bonds. The summed E-state index contributed by atoms with van der Waals surface area (Å²) in [5.74, 6) is 0.173. The number of carbonyl (C=O) groups excluding carboxylic acids is 1. The van der Waals surface area contributed by atoms with Crippen molar-refractivity contribution in [1.82, 2.24) is 5.32 Å². The molecule has 6 aliphatic rings. The van der Waals surface area contributed by atoms with Crippen LogP contribution in [-0.4, -0.2) is 34.8 Å². The van der Waals surface area contributed by atoms with Gasteiger partial charge in [0.15, 0.2) is 0 Å². The van der Waals surface area contributed by atoms with E-state index in [4.69, 9.17) is 19.7 Å². The Balaban J connectivity index is 1.25. The van der Waals surface area contributed by atoms with Crippen LogP contribution in [0.4, 0.5) is 0 Å². The van der Waals surface area contributed by atoms with E-state index in [-0.39, 0.29) is 24.2 Å². The second-order valence-electron chi connectivity index (χ2n) is 15.7. The summed E-state index contributed by atoms with van der Waals surface area (Å²) >= 11 is 0. The fraction of sp³-hybridized carbons (Fsp3) is 0.417. The summed E-state index contributed by atoms with van der Waals surface area (Å²) in [6.45, 7) is 23.5. The van der Waals surface area contributed by atoms with E-state index in [9.17, 15) is 9.90 Å². The van der Waals surface area contributed by atoms with Crippen LogP contribution >= 0.6 is 0 Å². The first kappa shape index (κ1) is 39.6. The summed E-state index contributed by atoms with van der Waals surface area (Å²) in [6, 6.07) is 0. The van der Waals surface area contributed by atoms with Gasteiger partial charge in [0.05, 0.1) is 34.2 Å². The standard InChI is InChI=1S/C48H58N4O3/c1-11-27(4)16-14-17-28(5)18-15-19-29(6)26-55-45(54)21-20-36-32(9)40-23-38-30(7)34(12-2)42(49-38)24-39-31(8)35(13-3)43(50-39)25-41-33(10)46-44(53)22-37(47(36)51-40)48(46)52-41/h11-12,17,19,23-25,32,36,51,53H,2,13-16,18,20-22,26H2,1,3-10H3/b27-11+,28-17+,29-19-,40-23?,42-24?,43-25?,47-37?. The molecule has 7 heteroatoms. The minimum absolute atomic E-state index is 0.0101. The first-order valence-electron chi connectivity index (χ1n) is 20.0. The highest BCUT2D eigenvalue weighted by Crippen LogP contribution is 2.46. The Labute approximate surface area is 328 Å². The maximum Gasteiger partial charge on any atom is 0.306 e. The van der Waals surface area contributed by atoms with Crippen LogP contribution in [0.15, 0.2) is 154 Å². The highest BCUT2D eigenvalue weighted by Gasteiger charge is 2.41. The number of aliphatic hydroxyl groups excluding tert-OH is 1. The summed E-state index contributed by atoms with van der Waals surface area (Å²) in [5, 5.41) is 15.2. The number of hydrogen-bond donors (Lipinski definition) is 2. The second-order valence-corrected chi connectivity index (χ2v) is 15.7.